The van der Waals surface area contributed by atoms with Gasteiger partial charge in [-0.05, 0) is 24.5 Å². The number of nitrogens with zero attached hydrogens (tertiary/aromatic N) is 1. The molecule has 0 atom stereocenters. The number of aromatic nitrogens is 1. The average Bonchev–Trinajstić information content (AvgIpc) is 3.12. The number of carbonyl (C=O) groups excluding carboxylic acids is 1. The molecule has 0 saturated heterocycles. The maximum absolute atomic E-state index is 11.4. The molecule has 0 spiro atoms. The van der Waals surface area contributed by atoms with Crippen LogP contribution in [-0.2, 0) is 16.0 Å². The summed E-state index contributed by atoms with van der Waals surface area (Å²) in [5, 5.41) is 10.7. The Hall–Kier alpha value is -1.92. The highest BCUT2D eigenvalue weighted by Gasteiger charge is 2.20. The first-order chi connectivity index (χ1) is 11.7. The van der Waals surface area contributed by atoms with Gasteiger partial charge in [0.05, 0.1) is 29.1 Å². The number of ether oxygens (including phenoxy) is 1. The van der Waals surface area contributed by atoms with Crippen molar-refractivity contribution in [3.8, 4) is 10.4 Å². The predicted molar refractivity (Wildman–Crippen MR) is 94.5 cm³/mol. The molecule has 24 heavy (non-hydrogen) atoms. The second-order valence-corrected chi connectivity index (χ2v) is 7.20. The summed E-state index contributed by atoms with van der Waals surface area (Å²) in [5.74, 6) is 0.269. The number of carbonyl (C=O) groups is 1. The number of benzene rings is 1. The van der Waals surface area contributed by atoms with Crippen LogP contribution < -0.4 is 5.48 Å². The van der Waals surface area contributed by atoms with E-state index < -0.39 is 0 Å². The number of hydrogen-bond donors (Lipinski definition) is 2. The molecule has 1 saturated carbocycles. The van der Waals surface area contributed by atoms with Crippen LogP contribution in [0.3, 0.4) is 0 Å². The summed E-state index contributed by atoms with van der Waals surface area (Å²) in [7, 11) is 1.37. The van der Waals surface area contributed by atoms with E-state index in [1.54, 1.807) is 17.4 Å². The number of thiazole rings is 1. The largest absolute Gasteiger partial charge is 0.469 e. The molecule has 128 valence electrons. The highest BCUT2D eigenvalue weighted by molar-refractivity contribution is 7.15. The Morgan fingerprint density at radius 1 is 1.38 bits per heavy atom. The third-order valence-corrected chi connectivity index (χ3v) is 5.72. The van der Waals surface area contributed by atoms with Crippen LogP contribution in [0.4, 0.5) is 5.69 Å². The lowest BCUT2D eigenvalue weighted by Gasteiger charge is -2.18. The first kappa shape index (κ1) is 16.9. The van der Waals surface area contributed by atoms with E-state index in [4.69, 9.17) is 0 Å². The van der Waals surface area contributed by atoms with Gasteiger partial charge in [0.15, 0.2) is 0 Å². The molecule has 0 unspecified atom stereocenters. The highest BCUT2D eigenvalue weighted by Crippen LogP contribution is 2.39. The Bertz CT molecular complexity index is 708. The molecule has 1 heterocycles. The smallest absolute Gasteiger partial charge is 0.309 e. The number of anilines is 1. The molecule has 0 amide bonds. The summed E-state index contributed by atoms with van der Waals surface area (Å²) in [6, 6.07) is 5.56. The first-order valence-corrected chi connectivity index (χ1v) is 9.09. The minimum absolute atomic E-state index is 0.182. The number of rotatable bonds is 5. The minimum Gasteiger partial charge on any atom is -0.469 e. The second kappa shape index (κ2) is 7.77. The zero-order chi connectivity index (χ0) is 16.9. The van der Waals surface area contributed by atoms with Crippen LogP contribution in [0.25, 0.3) is 10.4 Å². The van der Waals surface area contributed by atoms with E-state index in [-0.39, 0.29) is 12.4 Å². The average molecular weight is 346 g/mol. The lowest BCUT2D eigenvalue weighted by molar-refractivity contribution is -0.139. The van der Waals surface area contributed by atoms with Gasteiger partial charge in [0.1, 0.15) is 0 Å². The normalized spacial score (nSPS) is 15.2. The van der Waals surface area contributed by atoms with Crippen molar-refractivity contribution in [2.24, 2.45) is 0 Å². The van der Waals surface area contributed by atoms with Gasteiger partial charge in [-0.2, -0.15) is 0 Å². The van der Waals surface area contributed by atoms with Gasteiger partial charge < -0.3 is 4.74 Å². The monoisotopic (exact) mass is 346 g/mol. The van der Waals surface area contributed by atoms with Gasteiger partial charge in [0, 0.05) is 17.7 Å². The summed E-state index contributed by atoms with van der Waals surface area (Å²) >= 11 is 1.69. The molecule has 1 aliphatic carbocycles. The molecule has 5 nitrogen and oxygen atoms in total. The fourth-order valence-corrected chi connectivity index (χ4v) is 4.32. The van der Waals surface area contributed by atoms with Crippen molar-refractivity contribution in [3.63, 3.8) is 0 Å². The molecule has 0 aliphatic heterocycles. The van der Waals surface area contributed by atoms with E-state index in [1.165, 1.54) is 44.2 Å². The summed E-state index contributed by atoms with van der Waals surface area (Å²) in [4.78, 5) is 17.0. The van der Waals surface area contributed by atoms with Gasteiger partial charge in [-0.3, -0.25) is 15.5 Å². The van der Waals surface area contributed by atoms with E-state index in [0.29, 0.717) is 11.6 Å². The number of nitrogens with one attached hydrogen (secondary N) is 1. The van der Waals surface area contributed by atoms with E-state index in [9.17, 15) is 10.0 Å². The number of esters is 1. The molecule has 2 aromatic rings. The molecule has 3 rings (SSSR count). The third-order valence-electron chi connectivity index (χ3n) is 4.52. The van der Waals surface area contributed by atoms with Crippen molar-refractivity contribution in [3.05, 3.63) is 35.0 Å². The van der Waals surface area contributed by atoms with E-state index >= 15 is 0 Å². The lowest BCUT2D eigenvalue weighted by atomic mass is 9.90. The SMILES string of the molecule is COC(=O)Cc1ccc(-c2cnc(C3CCCCC3)s2)c(NO)c1. The maximum Gasteiger partial charge on any atom is 0.309 e. The molecule has 6 heteroatoms. The zero-order valence-corrected chi connectivity index (χ0v) is 14.6. The Labute approximate surface area is 145 Å². The van der Waals surface area contributed by atoms with Gasteiger partial charge >= 0.3 is 5.97 Å². The summed E-state index contributed by atoms with van der Waals surface area (Å²) in [5.41, 5.74) is 4.51. The van der Waals surface area contributed by atoms with Crippen LogP contribution in [-0.4, -0.2) is 23.3 Å². The van der Waals surface area contributed by atoms with Crippen LogP contribution in [0.15, 0.2) is 24.4 Å². The Balaban J connectivity index is 1.83. The van der Waals surface area contributed by atoms with Crippen LogP contribution >= 0.6 is 11.3 Å². The maximum atomic E-state index is 11.4. The standard InChI is InChI=1S/C18H22N2O3S/c1-23-17(21)10-12-7-8-14(15(9-12)20-22)16-11-19-18(24-16)13-5-3-2-4-6-13/h7-9,11,13,20,22H,2-6,10H2,1H3. The second-order valence-electron chi connectivity index (χ2n) is 6.14. The molecule has 0 bridgehead atoms. The predicted octanol–water partition coefficient (Wildman–Crippen LogP) is 4.37. The molecular weight excluding hydrogens is 324 g/mol. The molecule has 1 aliphatic rings. The Morgan fingerprint density at radius 3 is 2.88 bits per heavy atom. The number of hydrogen-bond acceptors (Lipinski definition) is 6. The van der Waals surface area contributed by atoms with Gasteiger partial charge in [0.25, 0.3) is 0 Å². The molecule has 2 N–H and O–H groups in total. The van der Waals surface area contributed by atoms with Crippen LogP contribution in [0.5, 0.6) is 0 Å². The molecule has 1 aromatic carbocycles. The van der Waals surface area contributed by atoms with Crippen LogP contribution in [0.2, 0.25) is 0 Å². The van der Waals surface area contributed by atoms with Gasteiger partial charge in [-0.15, -0.1) is 11.3 Å². The highest BCUT2D eigenvalue weighted by atomic mass is 32.1. The quantitative estimate of drug-likeness (QED) is 0.621. The first-order valence-electron chi connectivity index (χ1n) is 8.27. The molecular formula is C18H22N2O3S. The van der Waals surface area contributed by atoms with Crippen LogP contribution in [0, 0.1) is 0 Å². The topological polar surface area (TPSA) is 71.5 Å². The molecule has 1 fully saturated rings. The van der Waals surface area contributed by atoms with Gasteiger partial charge in [-0.25, -0.2) is 4.98 Å². The van der Waals surface area contributed by atoms with Crippen molar-refractivity contribution in [2.75, 3.05) is 12.6 Å². The van der Waals surface area contributed by atoms with Gasteiger partial charge in [-0.1, -0.05) is 31.4 Å². The van der Waals surface area contributed by atoms with E-state index in [0.717, 1.165) is 16.0 Å². The summed E-state index contributed by atoms with van der Waals surface area (Å²) in [6.07, 6.45) is 8.39. The Kier molecular flexibility index (Phi) is 5.48. The number of methoxy groups -OCH3 is 1. The Morgan fingerprint density at radius 2 is 2.17 bits per heavy atom. The fraction of sp³-hybridized carbons (Fsp3) is 0.444. The summed E-state index contributed by atoms with van der Waals surface area (Å²) < 4.78 is 4.68. The van der Waals surface area contributed by atoms with E-state index in [2.05, 4.69) is 15.2 Å². The fourth-order valence-electron chi connectivity index (χ4n) is 3.20. The lowest BCUT2D eigenvalue weighted by Crippen LogP contribution is -2.05. The van der Waals surface area contributed by atoms with Crippen LogP contribution in [0.1, 0.15) is 48.6 Å². The van der Waals surface area contributed by atoms with Crippen molar-refractivity contribution >= 4 is 23.0 Å². The van der Waals surface area contributed by atoms with Crippen molar-refractivity contribution < 1.29 is 14.7 Å². The zero-order valence-electron chi connectivity index (χ0n) is 13.7. The molecule has 1 aromatic heterocycles. The van der Waals surface area contributed by atoms with Crippen molar-refractivity contribution in [1.82, 2.24) is 4.98 Å². The van der Waals surface area contributed by atoms with Gasteiger partial charge in [0.2, 0.25) is 0 Å². The third kappa shape index (κ3) is 3.76. The van der Waals surface area contributed by atoms with Crippen molar-refractivity contribution in [2.45, 2.75) is 44.4 Å². The van der Waals surface area contributed by atoms with E-state index in [1.807, 2.05) is 18.3 Å². The molecule has 0 radical (unpaired) electrons. The van der Waals surface area contributed by atoms with Crippen molar-refractivity contribution in [1.29, 1.82) is 0 Å². The minimum atomic E-state index is -0.302. The summed E-state index contributed by atoms with van der Waals surface area (Å²) in [6.45, 7) is 0.